The number of rotatable bonds is 12. The van der Waals surface area contributed by atoms with Crippen LogP contribution in [0.5, 0.6) is 0 Å². The van der Waals surface area contributed by atoms with Gasteiger partial charge in [-0.2, -0.15) is 0 Å². The first kappa shape index (κ1) is 101. The van der Waals surface area contributed by atoms with E-state index in [1.165, 1.54) is 208 Å². The molecule has 9 aliphatic rings. The Morgan fingerprint density at radius 3 is 0.859 bits per heavy atom. The molecule has 648 valence electrons. The van der Waals surface area contributed by atoms with Crippen LogP contribution in [0.2, 0.25) is 0 Å². The summed E-state index contributed by atoms with van der Waals surface area (Å²) in [7, 11) is 29.6. The molecule has 128 heavy (non-hydrogen) atoms. The third-order valence-corrected chi connectivity index (χ3v) is 27.0. The Balaban J connectivity index is 0.000000174. The average Bonchev–Trinajstić information content (AvgIpc) is 1.63. The summed E-state index contributed by atoms with van der Waals surface area (Å²) < 4.78 is 0. The van der Waals surface area contributed by atoms with Crippen molar-refractivity contribution in [1.29, 1.82) is 0 Å². The Morgan fingerprint density at radius 2 is 0.492 bits per heavy atom. The molecule has 6 atom stereocenters. The van der Waals surface area contributed by atoms with Crippen LogP contribution in [0.1, 0.15) is 186 Å². The van der Waals surface area contributed by atoms with E-state index in [1.54, 1.807) is 0 Å². The number of allylic oxidation sites excluding steroid dienone is 6. The van der Waals surface area contributed by atoms with Crippen molar-refractivity contribution in [1.82, 2.24) is 0 Å². The maximum atomic E-state index is 4.93. The molecule has 6 aliphatic carbocycles. The summed E-state index contributed by atoms with van der Waals surface area (Å²) in [6.07, 6.45) is 22.8. The van der Waals surface area contributed by atoms with Crippen molar-refractivity contribution >= 4 is 132 Å². The van der Waals surface area contributed by atoms with Gasteiger partial charge < -0.3 is 59.3 Å². The fourth-order valence-corrected chi connectivity index (χ4v) is 21.4. The molecular formula is C116H115Cl6N3Zr3. The predicted molar refractivity (Wildman–Crippen MR) is 554 cm³/mol. The van der Waals surface area contributed by atoms with Gasteiger partial charge in [0.25, 0.3) is 0 Å². The molecule has 0 N–H and O–H groups in total. The summed E-state index contributed by atoms with van der Waals surface area (Å²) in [6.45, 7) is 17.2. The van der Waals surface area contributed by atoms with Crippen LogP contribution in [-0.4, -0.2) is 19.6 Å². The van der Waals surface area contributed by atoms with Crippen LogP contribution >= 0.6 is 51.1 Å². The Hall–Kier alpha value is -7.65. The number of aryl methyl sites for hydroxylation is 1. The second-order valence-electron chi connectivity index (χ2n) is 33.5. The van der Waals surface area contributed by atoms with E-state index in [2.05, 4.69) is 378 Å². The zero-order valence-corrected chi connectivity index (χ0v) is 87.7. The van der Waals surface area contributed by atoms with Crippen molar-refractivity contribution in [3.8, 4) is 33.4 Å². The minimum atomic E-state index is -0.826. The molecule has 6 unspecified atom stereocenters. The molecule has 13 aromatic rings. The van der Waals surface area contributed by atoms with E-state index < -0.39 is 62.5 Å². The summed E-state index contributed by atoms with van der Waals surface area (Å²) in [6, 6.07) is 105. The molecule has 3 heterocycles. The average molecular weight is 2040 g/mol. The van der Waals surface area contributed by atoms with Gasteiger partial charge in [0.1, 0.15) is 0 Å². The van der Waals surface area contributed by atoms with Gasteiger partial charge in [0.05, 0.1) is 0 Å². The standard InChI is InChI=1S/C39H33N.C36H33N.C35H31N.6CH3.6ClH.3Zr/c1-25-22-36-31(30-14-7-12-27-10-3-5-13-29(27)30)15-8-16-32(36)34(25)24-35-26(2)23-37-33(35)17-9-19-39(37)40-21-20-28-11-4-6-18-38(28)40;1-24-21-33-28(26-11-4-3-5-12-26)15-8-16-29(33)31(24)23-32-25(2)22-34-30(32)17-9-19-36(34)37-20-10-14-27-13-6-7-18-35(27)37;1-23-20-32-27(25-10-4-3-5-11-25)13-8-14-28(32)30(23)22-31-24(2)21-33-29(31)15-9-17-35(33)36-19-18-26-12-6-7-16-34(26)36;;;;;;;;;;;;;;;/h3-19,22-23,34-35H,20-21,24H2,1-2H3;3-9,11-13,15-19,21-22,31-32H,10,14,20,23H2,1-2H3;3-17,20-21,30-31H,18-19,22H2,1-2H3;6*1H3;6*1H;;;/q;;;6*-1;;;;;;;3*+4/p-6. The van der Waals surface area contributed by atoms with E-state index in [-0.39, 0.29) is 44.6 Å². The van der Waals surface area contributed by atoms with Crippen molar-refractivity contribution in [2.45, 2.75) is 122 Å². The molecular weight excluding hydrogens is 1920 g/mol. The van der Waals surface area contributed by atoms with Crippen molar-refractivity contribution in [2.24, 2.45) is 0 Å². The van der Waals surface area contributed by atoms with Gasteiger partial charge >= 0.3 is 114 Å². The number of nitrogens with zero attached hydrogens (tertiary/aromatic N) is 3. The van der Waals surface area contributed by atoms with E-state index in [9.17, 15) is 0 Å². The van der Waals surface area contributed by atoms with Gasteiger partial charge in [-0.3, -0.25) is 0 Å². The van der Waals surface area contributed by atoms with E-state index in [4.69, 9.17) is 51.1 Å². The van der Waals surface area contributed by atoms with Crippen molar-refractivity contribution in [2.75, 3.05) is 34.3 Å². The molecule has 0 bridgehead atoms. The number of hydrogen-bond donors (Lipinski definition) is 0. The van der Waals surface area contributed by atoms with Crippen LogP contribution in [0.25, 0.3) is 80.6 Å². The molecule has 12 heteroatoms. The predicted octanol–water partition coefficient (Wildman–Crippen LogP) is 35.8. The normalized spacial score (nSPS) is 17.3. The molecule has 0 fully saturated rings. The second kappa shape index (κ2) is 46.1. The first-order valence-corrected chi connectivity index (χ1v) is 61.7. The third kappa shape index (κ3) is 20.4. The van der Waals surface area contributed by atoms with E-state index in [0.717, 1.165) is 51.7 Å². The quantitative estimate of drug-likeness (QED) is 0.113. The third-order valence-electron chi connectivity index (χ3n) is 27.0. The summed E-state index contributed by atoms with van der Waals surface area (Å²) in [5.74, 6) is 2.69. The minimum absolute atomic E-state index is 0. The van der Waals surface area contributed by atoms with Crippen LogP contribution in [0.3, 0.4) is 0 Å². The van der Waals surface area contributed by atoms with Gasteiger partial charge in [-0.05, 0) is 234 Å². The van der Waals surface area contributed by atoms with E-state index in [1.807, 2.05) is 0 Å². The van der Waals surface area contributed by atoms with Crippen LogP contribution in [0, 0.1) is 44.6 Å². The van der Waals surface area contributed by atoms with Crippen LogP contribution < -0.4 is 14.7 Å². The maximum absolute atomic E-state index is 4.93. The van der Waals surface area contributed by atoms with Crippen molar-refractivity contribution in [3.63, 3.8) is 0 Å². The summed E-state index contributed by atoms with van der Waals surface area (Å²) in [5, 5.41) is 2.63. The molecule has 22 rings (SSSR count). The van der Waals surface area contributed by atoms with Crippen molar-refractivity contribution in [3.05, 3.63) is 447 Å². The fourth-order valence-electron chi connectivity index (χ4n) is 21.4. The number of fused-ring (bicyclic) bond motifs is 10. The second-order valence-corrected chi connectivity index (χ2v) is 44.7. The van der Waals surface area contributed by atoms with E-state index >= 15 is 0 Å². The fraction of sp³-hybridized carbons (Fsp3) is 0.190. The topological polar surface area (TPSA) is 9.72 Å². The Morgan fingerprint density at radius 1 is 0.242 bits per heavy atom. The van der Waals surface area contributed by atoms with Gasteiger partial charge in [-0.15, -0.1) is 0 Å². The van der Waals surface area contributed by atoms with E-state index in [0.29, 0.717) is 35.5 Å². The number of hydrogen-bond acceptors (Lipinski definition) is 3. The summed E-state index contributed by atoms with van der Waals surface area (Å²) >= 11 is -2.48. The number of halogens is 6. The summed E-state index contributed by atoms with van der Waals surface area (Å²) in [5.41, 5.74) is 47.0. The molecule has 0 saturated heterocycles. The molecule has 0 spiro atoms. The van der Waals surface area contributed by atoms with Crippen LogP contribution in [0.4, 0.5) is 34.1 Å². The Labute approximate surface area is 822 Å². The zero-order chi connectivity index (χ0) is 84.1. The van der Waals surface area contributed by atoms with Crippen molar-refractivity contribution < 1.29 is 62.5 Å². The molecule has 0 radical (unpaired) electrons. The van der Waals surface area contributed by atoms with Crippen LogP contribution in [0.15, 0.2) is 319 Å². The molecule has 0 saturated carbocycles. The Kier molecular flexibility index (Phi) is 36.4. The SMILES string of the molecule is CC1=Cc2c(-c3cccc4ccccc34)cccc2C1CC1C(C)=Cc2c1cccc2N1CCc2ccccc21.CC1=Cc2c(-c3ccccc3)cccc2C1CC1C(C)=Cc2c1cccc2N1CCCc2ccccc21.CC1=Cc2c(-c3ccccc3)cccc2C1CC1C(C)=Cc2c1cccc2N1CCc2ccccc21.[CH3-].[CH3-].[CH3-].[CH3-].[CH3-].[CH3-].[Cl][Zr+2][Cl].[Cl][Zr+2][Cl].[Cl][Zr+2][Cl]. The van der Waals surface area contributed by atoms with Gasteiger partial charge in [-0.1, -0.05) is 319 Å². The van der Waals surface area contributed by atoms with Gasteiger partial charge in [-0.25, -0.2) is 0 Å². The zero-order valence-electron chi connectivity index (χ0n) is 75.7. The molecule has 13 aromatic carbocycles. The number of benzene rings is 13. The molecule has 3 aliphatic heterocycles. The number of anilines is 6. The van der Waals surface area contributed by atoms with Gasteiger partial charge in [0.2, 0.25) is 0 Å². The Bertz CT molecular complexity index is 6250. The first-order valence-electron chi connectivity index (χ1n) is 42.7. The summed E-state index contributed by atoms with van der Waals surface area (Å²) in [4.78, 5) is 7.63. The molecule has 0 aromatic heterocycles. The molecule has 0 amide bonds. The monoisotopic (exact) mass is 2030 g/mol. The van der Waals surface area contributed by atoms with Gasteiger partial charge in [0, 0.05) is 106 Å². The first-order chi connectivity index (χ1) is 59.8. The number of para-hydroxylation sites is 3. The molecule has 3 nitrogen and oxygen atoms in total. The van der Waals surface area contributed by atoms with Gasteiger partial charge in [0.15, 0.2) is 0 Å². The van der Waals surface area contributed by atoms with Crippen LogP contribution in [-0.2, 0) is 81.8 Å².